The smallest absolute Gasteiger partial charge is 0.305 e. The number of hydrogen-bond acceptors (Lipinski definition) is 5. The minimum Gasteiger partial charge on any atom is -0.466 e. The van der Waals surface area contributed by atoms with Crippen LogP contribution in [0.1, 0.15) is 328 Å². The molecule has 69 heavy (non-hydrogen) atoms. The lowest BCUT2D eigenvalue weighted by Gasteiger charge is -2.20. The lowest BCUT2D eigenvalue weighted by atomic mass is 10.0. The van der Waals surface area contributed by atoms with Crippen molar-refractivity contribution in [3.8, 4) is 0 Å². The topological polar surface area (TPSA) is 95.9 Å². The van der Waals surface area contributed by atoms with Gasteiger partial charge in [-0.3, -0.25) is 9.59 Å². The Bertz CT molecular complexity index is 1120. The van der Waals surface area contributed by atoms with Gasteiger partial charge in [0, 0.05) is 12.8 Å². The molecule has 0 aliphatic carbocycles. The summed E-state index contributed by atoms with van der Waals surface area (Å²) in [6.45, 7) is 4.86. The van der Waals surface area contributed by atoms with Crippen LogP contribution >= 0.6 is 0 Å². The Labute approximate surface area is 430 Å². The molecule has 0 spiro atoms. The molecule has 0 aliphatic heterocycles. The molecule has 2 atom stereocenters. The molecule has 0 heterocycles. The van der Waals surface area contributed by atoms with Crippen molar-refractivity contribution in [3.05, 3.63) is 36.5 Å². The maximum atomic E-state index is 12.5. The normalized spacial score (nSPS) is 12.8. The first-order valence-electron chi connectivity index (χ1n) is 30.8. The van der Waals surface area contributed by atoms with Crippen LogP contribution in [0.3, 0.4) is 0 Å². The van der Waals surface area contributed by atoms with Crippen LogP contribution in [0, 0.1) is 0 Å². The molecule has 0 fully saturated rings. The van der Waals surface area contributed by atoms with Crippen LogP contribution < -0.4 is 5.32 Å². The van der Waals surface area contributed by atoms with Gasteiger partial charge in [-0.1, -0.05) is 288 Å². The van der Waals surface area contributed by atoms with E-state index in [1.54, 1.807) is 6.08 Å². The van der Waals surface area contributed by atoms with Gasteiger partial charge in [0.15, 0.2) is 0 Å². The van der Waals surface area contributed by atoms with Crippen LogP contribution in [0.4, 0.5) is 0 Å². The Morgan fingerprint density at radius 2 is 0.725 bits per heavy atom. The van der Waals surface area contributed by atoms with Crippen molar-refractivity contribution in [1.29, 1.82) is 0 Å². The summed E-state index contributed by atoms with van der Waals surface area (Å²) < 4.78 is 5.48. The lowest BCUT2D eigenvalue weighted by Crippen LogP contribution is -2.45. The van der Waals surface area contributed by atoms with Gasteiger partial charge in [-0.05, 0) is 64.2 Å². The van der Waals surface area contributed by atoms with E-state index in [0.717, 1.165) is 64.2 Å². The zero-order valence-electron chi connectivity index (χ0n) is 46.3. The highest BCUT2D eigenvalue weighted by molar-refractivity contribution is 5.76. The average molecular weight is 971 g/mol. The highest BCUT2D eigenvalue weighted by Gasteiger charge is 2.18. The Morgan fingerprint density at radius 3 is 1.13 bits per heavy atom. The first kappa shape index (κ1) is 67.1. The van der Waals surface area contributed by atoms with Crippen LogP contribution in [0.2, 0.25) is 0 Å². The number of unbranched alkanes of at least 4 members (excludes halogenated alkanes) is 42. The molecule has 0 aromatic carbocycles. The number of allylic oxidation sites excluding steroid dienone is 5. The van der Waals surface area contributed by atoms with Gasteiger partial charge in [-0.25, -0.2) is 0 Å². The Kier molecular flexibility index (Phi) is 57.0. The third-order valence-corrected chi connectivity index (χ3v) is 14.2. The molecule has 0 saturated heterocycles. The third-order valence-electron chi connectivity index (χ3n) is 14.2. The molecular formula is C63H119NO5. The lowest BCUT2D eigenvalue weighted by molar-refractivity contribution is -0.143. The Morgan fingerprint density at radius 1 is 0.406 bits per heavy atom. The van der Waals surface area contributed by atoms with Crippen LogP contribution in [-0.4, -0.2) is 47.4 Å². The van der Waals surface area contributed by atoms with Gasteiger partial charge in [0.25, 0.3) is 0 Å². The fourth-order valence-electron chi connectivity index (χ4n) is 9.43. The van der Waals surface area contributed by atoms with Crippen molar-refractivity contribution >= 4 is 11.9 Å². The summed E-state index contributed by atoms with van der Waals surface area (Å²) in [5.74, 6) is -0.103. The molecule has 0 radical (unpaired) electrons. The number of hydrogen-bond donors (Lipinski definition) is 3. The summed E-state index contributed by atoms with van der Waals surface area (Å²) in [4.78, 5) is 24.6. The van der Waals surface area contributed by atoms with Crippen LogP contribution in [0.5, 0.6) is 0 Å². The largest absolute Gasteiger partial charge is 0.466 e. The van der Waals surface area contributed by atoms with Crippen molar-refractivity contribution in [3.63, 3.8) is 0 Å². The van der Waals surface area contributed by atoms with E-state index in [9.17, 15) is 19.8 Å². The van der Waals surface area contributed by atoms with Gasteiger partial charge < -0.3 is 20.3 Å². The average Bonchev–Trinajstić information content (AvgIpc) is 3.35. The van der Waals surface area contributed by atoms with E-state index in [2.05, 4.69) is 43.5 Å². The van der Waals surface area contributed by atoms with E-state index >= 15 is 0 Å². The molecule has 0 rings (SSSR count). The highest BCUT2D eigenvalue weighted by Crippen LogP contribution is 2.17. The molecule has 6 nitrogen and oxygen atoms in total. The van der Waals surface area contributed by atoms with Crippen molar-refractivity contribution in [2.75, 3.05) is 13.2 Å². The Balaban J connectivity index is 3.48. The third kappa shape index (κ3) is 55.2. The van der Waals surface area contributed by atoms with Gasteiger partial charge in [0.05, 0.1) is 25.4 Å². The second-order valence-corrected chi connectivity index (χ2v) is 21.0. The van der Waals surface area contributed by atoms with Gasteiger partial charge >= 0.3 is 5.97 Å². The van der Waals surface area contributed by atoms with Gasteiger partial charge in [-0.2, -0.15) is 0 Å². The molecular weight excluding hydrogens is 851 g/mol. The highest BCUT2D eigenvalue weighted by atomic mass is 16.5. The van der Waals surface area contributed by atoms with Crippen LogP contribution in [0.25, 0.3) is 0 Å². The molecule has 0 aromatic heterocycles. The molecule has 3 N–H and O–H groups in total. The summed E-state index contributed by atoms with van der Waals surface area (Å²) in [6, 6.07) is -0.644. The number of rotatable bonds is 57. The van der Waals surface area contributed by atoms with E-state index in [1.807, 2.05) is 6.08 Å². The van der Waals surface area contributed by atoms with Gasteiger partial charge in [-0.15, -0.1) is 0 Å². The molecule has 0 bridgehead atoms. The predicted molar refractivity (Wildman–Crippen MR) is 301 cm³/mol. The first-order valence-corrected chi connectivity index (χ1v) is 30.8. The summed E-state index contributed by atoms with van der Waals surface area (Å²) in [5, 5.41) is 23.2. The fourth-order valence-corrected chi connectivity index (χ4v) is 9.43. The van der Waals surface area contributed by atoms with Crippen LogP contribution in [0.15, 0.2) is 36.5 Å². The first-order chi connectivity index (χ1) is 34.0. The molecule has 6 heteroatoms. The van der Waals surface area contributed by atoms with Crippen LogP contribution in [-0.2, 0) is 14.3 Å². The molecule has 1 amide bonds. The minimum absolute atomic E-state index is 0.0186. The number of aliphatic hydroxyl groups is 2. The molecule has 0 saturated carbocycles. The second kappa shape index (κ2) is 58.6. The summed E-state index contributed by atoms with van der Waals surface area (Å²) in [5.41, 5.74) is 0. The number of ether oxygens (including phenoxy) is 1. The monoisotopic (exact) mass is 970 g/mol. The maximum Gasteiger partial charge on any atom is 0.305 e. The molecule has 2 unspecified atom stereocenters. The van der Waals surface area contributed by atoms with E-state index < -0.39 is 12.1 Å². The Hall–Kier alpha value is -1.92. The van der Waals surface area contributed by atoms with Gasteiger partial charge in [0.2, 0.25) is 5.91 Å². The number of nitrogens with one attached hydrogen (secondary N) is 1. The van der Waals surface area contributed by atoms with E-state index in [4.69, 9.17) is 4.74 Å². The van der Waals surface area contributed by atoms with Crippen molar-refractivity contribution in [2.45, 2.75) is 341 Å². The fraction of sp³-hybridized carbons (Fsp3) is 0.873. The second-order valence-electron chi connectivity index (χ2n) is 21.0. The molecule has 0 aliphatic rings. The standard InChI is InChI=1S/C63H119NO5/c1-3-5-7-9-11-13-15-17-19-21-23-24-25-27-28-30-32-35-39-43-47-51-55-61(66)60(59-65)64-62(67)56-52-48-44-40-36-34-38-42-46-50-54-58-69-63(68)57-53-49-45-41-37-33-31-29-26-22-20-18-16-14-12-10-8-6-4-2/h12,14,18,20,51,55,60-61,65-66H,3-11,13,15-17,19,21-50,52-54,56-59H2,1-2H3,(H,64,67)/b14-12-,20-18-,55-51+. The van der Waals surface area contributed by atoms with Gasteiger partial charge in [0.1, 0.15) is 0 Å². The van der Waals surface area contributed by atoms with E-state index in [1.165, 1.54) is 238 Å². The zero-order chi connectivity index (χ0) is 50.0. The summed E-state index contributed by atoms with van der Waals surface area (Å²) in [7, 11) is 0. The van der Waals surface area contributed by atoms with E-state index in [-0.39, 0.29) is 18.5 Å². The maximum absolute atomic E-state index is 12.5. The number of aliphatic hydroxyl groups excluding tert-OH is 2. The molecule has 406 valence electrons. The molecule has 0 aromatic rings. The SMILES string of the molecule is CCCCC/C=C\C/C=C\CCCCCCCCCCCC(=O)OCCCCCCCCCCCCCC(=O)NC(CO)C(O)/C=C/CCCCCCCCCCCCCCCCCCCCCC. The zero-order valence-corrected chi connectivity index (χ0v) is 46.3. The predicted octanol–water partition coefficient (Wildman–Crippen LogP) is 19.2. The quantitative estimate of drug-likeness (QED) is 0.0321. The summed E-state index contributed by atoms with van der Waals surface area (Å²) >= 11 is 0. The van der Waals surface area contributed by atoms with Crippen molar-refractivity contribution in [1.82, 2.24) is 5.32 Å². The minimum atomic E-state index is -0.859. The number of esters is 1. The summed E-state index contributed by atoms with van der Waals surface area (Å²) in [6.07, 6.45) is 73.1. The van der Waals surface area contributed by atoms with Crippen molar-refractivity contribution < 1.29 is 24.5 Å². The number of amides is 1. The van der Waals surface area contributed by atoms with E-state index in [0.29, 0.717) is 19.4 Å². The van der Waals surface area contributed by atoms with Crippen molar-refractivity contribution in [2.24, 2.45) is 0 Å². The number of carbonyl (C=O) groups is 2. The number of carbonyl (C=O) groups excluding carboxylic acids is 2.